The monoisotopic (exact) mass is 98.0 g/mol. The minimum absolute atomic E-state index is 0.139. The number of hydrogen-bond acceptors (Lipinski definition) is 4. The normalized spacial score (nSPS) is 16.1. The van der Waals surface area contributed by atoms with Gasteiger partial charge in [0.15, 0.2) is 6.26 Å². The summed E-state index contributed by atoms with van der Waals surface area (Å²) < 4.78 is 0. The molecule has 4 heteroatoms. The van der Waals surface area contributed by atoms with E-state index < -0.39 is 0 Å². The van der Waals surface area contributed by atoms with E-state index in [0.717, 1.165) is 0 Å². The molecule has 0 saturated heterocycles. The summed E-state index contributed by atoms with van der Waals surface area (Å²) in [4.78, 5) is 8.62. The summed E-state index contributed by atoms with van der Waals surface area (Å²) >= 11 is 0. The molecule has 1 heterocycles. The van der Waals surface area contributed by atoms with E-state index in [1.165, 1.54) is 6.26 Å². The van der Waals surface area contributed by atoms with Gasteiger partial charge in [-0.1, -0.05) is 0 Å². The maximum absolute atomic E-state index is 8.00. The first-order chi connectivity index (χ1) is 3.43. The predicted molar refractivity (Wildman–Crippen MR) is 19.0 cm³/mol. The van der Waals surface area contributed by atoms with Gasteiger partial charge in [0, 0.05) is 5.64 Å². The molecule has 0 aliphatic carbocycles. The van der Waals surface area contributed by atoms with Crippen molar-refractivity contribution in [3.05, 3.63) is 12.0 Å². The summed E-state index contributed by atoms with van der Waals surface area (Å²) in [5, 5.41) is 8.00. The summed E-state index contributed by atoms with van der Waals surface area (Å²) in [6, 6.07) is 1.72. The Balaban J connectivity index is 2.57. The fourth-order valence-corrected chi connectivity index (χ4v) is 0.220. The molecule has 4 nitrogen and oxygen atoms in total. The van der Waals surface area contributed by atoms with Crippen molar-refractivity contribution in [2.75, 3.05) is 0 Å². The summed E-state index contributed by atoms with van der Waals surface area (Å²) in [5.41, 5.74) is 2.01. The molecule has 0 aromatic heterocycles. The molecule has 0 saturated carbocycles. The van der Waals surface area contributed by atoms with Gasteiger partial charge in [0.2, 0.25) is 0 Å². The van der Waals surface area contributed by atoms with Gasteiger partial charge in [0.25, 0.3) is 5.76 Å². The van der Waals surface area contributed by atoms with Crippen molar-refractivity contribution in [1.82, 2.24) is 5.64 Å². The van der Waals surface area contributed by atoms with Crippen molar-refractivity contribution in [3.8, 4) is 6.07 Å². The Morgan fingerprint density at radius 2 is 2.71 bits per heavy atom. The molecule has 0 aromatic carbocycles. The zero-order chi connectivity index (χ0) is 5.11. The van der Waals surface area contributed by atoms with Crippen molar-refractivity contribution >= 4 is 0 Å². The van der Waals surface area contributed by atoms with E-state index >= 15 is 0 Å². The zero-order valence-electron chi connectivity index (χ0n) is 3.34. The Labute approximate surface area is 39.9 Å². The first-order valence-corrected chi connectivity index (χ1v) is 1.61. The Morgan fingerprint density at radius 3 is 3.00 bits per heavy atom. The predicted octanol–water partition coefficient (Wildman–Crippen LogP) is -0.182. The molecule has 1 aliphatic rings. The van der Waals surface area contributed by atoms with Crippen LogP contribution in [-0.2, 0) is 9.68 Å². The summed E-state index contributed by atoms with van der Waals surface area (Å²) in [7, 11) is 0. The average Bonchev–Trinajstić information content (AvgIpc) is 2.14. The molecule has 0 aromatic rings. The average molecular weight is 98.1 g/mol. The molecule has 0 fully saturated rings. The number of nitrogens with zero attached hydrogens (tertiary/aromatic N) is 1. The summed E-state index contributed by atoms with van der Waals surface area (Å²) in [6.45, 7) is 0. The molecule has 1 rings (SSSR count). The lowest BCUT2D eigenvalue weighted by molar-refractivity contribution is -0.0541. The minimum atomic E-state index is 0.139. The number of nitrogens with one attached hydrogen (secondary N) is 1. The second-order valence-electron chi connectivity index (χ2n) is 0.897. The van der Waals surface area contributed by atoms with Crippen LogP contribution in [0.2, 0.25) is 0 Å². The smallest absolute Gasteiger partial charge is 0.264 e. The topological polar surface area (TPSA) is 54.3 Å². The Kier molecular flexibility index (Phi) is 0.845. The van der Waals surface area contributed by atoms with Crippen LogP contribution in [0.1, 0.15) is 0 Å². The minimum Gasteiger partial charge on any atom is -0.377 e. The van der Waals surface area contributed by atoms with Crippen LogP contribution < -0.4 is 5.64 Å². The highest BCUT2D eigenvalue weighted by molar-refractivity contribution is 5.10. The highest BCUT2D eigenvalue weighted by Gasteiger charge is 2.01. The highest BCUT2D eigenvalue weighted by Crippen LogP contribution is 1.97. The van der Waals surface area contributed by atoms with Gasteiger partial charge in [-0.2, -0.15) is 5.26 Å². The highest BCUT2D eigenvalue weighted by atomic mass is 16.9. The van der Waals surface area contributed by atoms with E-state index in [1.807, 2.05) is 5.64 Å². The Hall–Kier alpha value is -1.21. The second kappa shape index (κ2) is 1.49. The Morgan fingerprint density at radius 1 is 1.86 bits per heavy atom. The van der Waals surface area contributed by atoms with Crippen LogP contribution in [0.5, 0.6) is 0 Å². The molecule has 7 heavy (non-hydrogen) atoms. The maximum Gasteiger partial charge on any atom is 0.264 e. The van der Waals surface area contributed by atoms with Crippen molar-refractivity contribution < 1.29 is 9.68 Å². The first-order valence-electron chi connectivity index (χ1n) is 1.61. The largest absolute Gasteiger partial charge is 0.377 e. The van der Waals surface area contributed by atoms with Crippen molar-refractivity contribution in [2.45, 2.75) is 0 Å². The quantitative estimate of drug-likeness (QED) is 0.456. The molecule has 0 atom stereocenters. The van der Waals surface area contributed by atoms with Gasteiger partial charge in [0.1, 0.15) is 6.07 Å². The lowest BCUT2D eigenvalue weighted by Crippen LogP contribution is -2.01. The standard InChI is InChI=1S/C3H2N2O2/c4-1-3-2-6-5-7-3/h2,5H. The molecule has 36 valence electrons. The first kappa shape index (κ1) is 3.96. The summed E-state index contributed by atoms with van der Waals surface area (Å²) in [6.07, 6.45) is 1.18. The van der Waals surface area contributed by atoms with E-state index in [9.17, 15) is 0 Å². The van der Waals surface area contributed by atoms with Gasteiger partial charge >= 0.3 is 0 Å². The van der Waals surface area contributed by atoms with Crippen LogP contribution in [0.4, 0.5) is 0 Å². The van der Waals surface area contributed by atoms with E-state index in [1.54, 1.807) is 6.07 Å². The Bertz CT molecular complexity index is 134. The third kappa shape index (κ3) is 0.614. The third-order valence-electron chi connectivity index (χ3n) is 0.476. The fraction of sp³-hybridized carbons (Fsp3) is 0. The second-order valence-corrected chi connectivity index (χ2v) is 0.897. The number of allylic oxidation sites excluding steroid dienone is 1. The van der Waals surface area contributed by atoms with Gasteiger partial charge in [-0.05, 0) is 0 Å². The summed E-state index contributed by atoms with van der Waals surface area (Å²) in [5.74, 6) is 0.139. The van der Waals surface area contributed by atoms with Crippen molar-refractivity contribution in [3.63, 3.8) is 0 Å². The van der Waals surface area contributed by atoms with Crippen LogP contribution >= 0.6 is 0 Å². The van der Waals surface area contributed by atoms with E-state index in [-0.39, 0.29) is 5.76 Å². The SMILES string of the molecule is N#CC1=CONO1. The van der Waals surface area contributed by atoms with Crippen LogP contribution in [0, 0.1) is 11.3 Å². The van der Waals surface area contributed by atoms with Crippen LogP contribution in [0.3, 0.4) is 0 Å². The molecule has 0 unspecified atom stereocenters. The lowest BCUT2D eigenvalue weighted by Gasteiger charge is -1.85. The van der Waals surface area contributed by atoms with Crippen molar-refractivity contribution in [1.29, 1.82) is 5.26 Å². The van der Waals surface area contributed by atoms with Gasteiger partial charge in [-0.15, -0.1) is 0 Å². The molecule has 0 radical (unpaired) electrons. The van der Waals surface area contributed by atoms with Gasteiger partial charge < -0.3 is 9.68 Å². The molecular formula is C3H2N2O2. The van der Waals surface area contributed by atoms with Gasteiger partial charge in [-0.25, -0.2) is 0 Å². The van der Waals surface area contributed by atoms with Crippen molar-refractivity contribution in [2.24, 2.45) is 0 Å². The molecular weight excluding hydrogens is 96.0 g/mol. The van der Waals surface area contributed by atoms with Crippen LogP contribution in [0.15, 0.2) is 12.0 Å². The van der Waals surface area contributed by atoms with Crippen LogP contribution in [0.25, 0.3) is 0 Å². The number of hydrogen-bond donors (Lipinski definition) is 1. The molecule has 1 N–H and O–H groups in total. The van der Waals surface area contributed by atoms with Gasteiger partial charge in [-0.3, -0.25) is 0 Å². The fourth-order valence-electron chi connectivity index (χ4n) is 0.220. The van der Waals surface area contributed by atoms with E-state index in [0.29, 0.717) is 0 Å². The maximum atomic E-state index is 8.00. The number of rotatable bonds is 0. The lowest BCUT2D eigenvalue weighted by atomic mass is 10.6. The zero-order valence-corrected chi connectivity index (χ0v) is 3.34. The van der Waals surface area contributed by atoms with Gasteiger partial charge in [0.05, 0.1) is 0 Å². The molecule has 0 amide bonds. The van der Waals surface area contributed by atoms with E-state index in [2.05, 4.69) is 9.68 Å². The van der Waals surface area contributed by atoms with Crippen LogP contribution in [-0.4, -0.2) is 0 Å². The number of nitriles is 1. The molecule has 0 spiro atoms. The third-order valence-corrected chi connectivity index (χ3v) is 0.476. The molecule has 1 aliphatic heterocycles. The molecule has 0 bridgehead atoms. The van der Waals surface area contributed by atoms with E-state index in [4.69, 9.17) is 5.26 Å².